The summed E-state index contributed by atoms with van der Waals surface area (Å²) in [5.41, 5.74) is 28.4. The molecular formula is C110H80N6. The van der Waals surface area contributed by atoms with Gasteiger partial charge < -0.3 is 18.9 Å². The molecule has 17 aromatic carbocycles. The van der Waals surface area contributed by atoms with E-state index in [1.807, 2.05) is 97.1 Å². The smallest absolute Gasteiger partial charge is 0.194 e. The van der Waals surface area contributed by atoms with Crippen LogP contribution in [0.5, 0.6) is 0 Å². The summed E-state index contributed by atoms with van der Waals surface area (Å²) < 4.78 is 4.72. The molecule has 0 radical (unpaired) electrons. The van der Waals surface area contributed by atoms with Gasteiger partial charge in [0, 0.05) is 67.0 Å². The molecule has 6 nitrogen and oxygen atoms in total. The first kappa shape index (κ1) is 73.2. The van der Waals surface area contributed by atoms with E-state index < -0.39 is 5.41 Å². The van der Waals surface area contributed by atoms with Crippen LogP contribution in [-0.2, 0) is 5.41 Å². The highest BCUT2D eigenvalue weighted by Crippen LogP contribution is 2.57. The van der Waals surface area contributed by atoms with Crippen LogP contribution < -0.4 is 9.80 Å². The second-order valence-corrected chi connectivity index (χ2v) is 28.5. The Hall–Kier alpha value is -15.6. The number of benzene rings is 17. The number of nitrogens with zero attached hydrogens (tertiary/aromatic N) is 6. The van der Waals surface area contributed by atoms with Crippen molar-refractivity contribution in [2.24, 2.45) is 0 Å². The number of allylic oxidation sites excluding steroid dienone is 1. The summed E-state index contributed by atoms with van der Waals surface area (Å²) in [5, 5.41) is 14.6. The first-order valence-corrected chi connectivity index (χ1v) is 38.8. The molecule has 1 aliphatic rings. The second kappa shape index (κ2) is 33.1. The number of fused-ring (bicyclic) bond motifs is 9. The van der Waals surface area contributed by atoms with Crippen molar-refractivity contribution < 1.29 is 0 Å². The molecule has 1 aliphatic carbocycles. The molecule has 19 aromatic rings. The zero-order valence-electron chi connectivity index (χ0n) is 63.1. The maximum atomic E-state index is 9.48. The highest BCUT2D eigenvalue weighted by molar-refractivity contribution is 6.10. The minimum Gasteiger partial charge on any atom is -0.311 e. The zero-order chi connectivity index (χ0) is 77.3. The zero-order valence-corrected chi connectivity index (χ0v) is 63.1. The Kier molecular flexibility index (Phi) is 20.9. The summed E-state index contributed by atoms with van der Waals surface area (Å²) in [6.45, 7) is 7.46. The highest BCUT2D eigenvalue weighted by atomic mass is 15.1. The number of rotatable bonds is 15. The molecule has 0 spiro atoms. The van der Waals surface area contributed by atoms with Crippen molar-refractivity contribution in [2.45, 2.75) is 12.8 Å². The fourth-order valence-corrected chi connectivity index (χ4v) is 16.6. The summed E-state index contributed by atoms with van der Waals surface area (Å²) in [5.74, 6) is 0. The molecule has 0 amide bonds. The number of para-hydroxylation sites is 8. The topological polar surface area (TPSA) is 44.5 Å². The lowest BCUT2D eigenvalue weighted by Gasteiger charge is -2.35. The molecule has 116 heavy (non-hydrogen) atoms. The SMILES string of the molecule is C.[C-]#[N+]/C(=C\c1ccccc1)c1ccc(/C(C#N)=C/c2ccccc2)cc1.c1ccc(N(c2ccccc2)c2ccc(C3(c4ccc(N(c5ccccc5)c5ccccc5)cc4)c4ccccc4-c4ccccc43)cc2)cc1.c1ccc2c(c1)c1ccccc1n2-c1ccc(-c2ccc(-n3c4ccccc4c4ccccc43)cc2)cc1. The Bertz CT molecular complexity index is 6180. The Morgan fingerprint density at radius 2 is 0.578 bits per heavy atom. The van der Waals surface area contributed by atoms with Crippen molar-refractivity contribution in [2.75, 3.05) is 9.80 Å². The van der Waals surface area contributed by atoms with Gasteiger partial charge in [0.1, 0.15) is 0 Å². The molecule has 0 atom stereocenters. The summed E-state index contributed by atoms with van der Waals surface area (Å²) in [7, 11) is 0. The van der Waals surface area contributed by atoms with Gasteiger partial charge in [-0.15, -0.1) is 0 Å². The van der Waals surface area contributed by atoms with E-state index in [2.05, 4.69) is 394 Å². The van der Waals surface area contributed by atoms with Gasteiger partial charge in [-0.2, -0.15) is 5.26 Å². The van der Waals surface area contributed by atoms with Crippen LogP contribution in [0.25, 0.3) is 106 Å². The first-order chi connectivity index (χ1) is 57.0. The van der Waals surface area contributed by atoms with Gasteiger partial charge in [0.2, 0.25) is 0 Å². The normalized spacial score (nSPS) is 11.9. The van der Waals surface area contributed by atoms with E-state index in [1.54, 1.807) is 0 Å². The molecule has 2 heterocycles. The molecule has 20 rings (SSSR count). The van der Waals surface area contributed by atoms with Gasteiger partial charge in [-0.3, -0.25) is 0 Å². The number of anilines is 6. The molecule has 550 valence electrons. The summed E-state index contributed by atoms with van der Waals surface area (Å²) >= 11 is 0. The summed E-state index contributed by atoms with van der Waals surface area (Å²) in [6.07, 6.45) is 3.73. The predicted molar refractivity (Wildman–Crippen MR) is 488 cm³/mol. The number of aromatic nitrogens is 2. The van der Waals surface area contributed by atoms with E-state index in [9.17, 15) is 5.26 Å². The Morgan fingerprint density at radius 3 is 0.914 bits per heavy atom. The van der Waals surface area contributed by atoms with Crippen molar-refractivity contribution in [3.63, 3.8) is 0 Å². The van der Waals surface area contributed by atoms with Gasteiger partial charge in [0.25, 0.3) is 0 Å². The van der Waals surface area contributed by atoms with Crippen LogP contribution in [-0.4, -0.2) is 9.13 Å². The third-order valence-corrected chi connectivity index (χ3v) is 21.8. The lowest BCUT2D eigenvalue weighted by Crippen LogP contribution is -2.28. The molecule has 2 aromatic heterocycles. The van der Waals surface area contributed by atoms with E-state index in [0.29, 0.717) is 11.3 Å². The molecule has 6 heteroatoms. The van der Waals surface area contributed by atoms with Crippen molar-refractivity contribution in [3.8, 4) is 39.7 Å². The largest absolute Gasteiger partial charge is 0.311 e. The molecule has 0 bridgehead atoms. The molecule has 0 saturated heterocycles. The van der Waals surface area contributed by atoms with Crippen molar-refractivity contribution in [1.82, 2.24) is 9.13 Å². The summed E-state index contributed by atoms with van der Waals surface area (Å²) in [6, 6.07) is 161. The number of hydrogen-bond acceptors (Lipinski definition) is 3. The van der Waals surface area contributed by atoms with Crippen LogP contribution in [0.15, 0.2) is 449 Å². The van der Waals surface area contributed by atoms with Gasteiger partial charge in [-0.05, 0) is 200 Å². The standard InChI is InChI=1S/C49H36N2.C36H24N2.C24H16N2.CH4/c1-5-17-39(18-6-1)50(40-19-7-2-8-20-40)43-33-29-37(30-34-43)49(47-27-15-13-25-45(47)46-26-14-16-28-48(46)49)38-31-35-44(36-32-38)51(41-21-9-3-10-22-41)42-23-11-4-12-24-42;1-5-13-33-29(9-1)30-10-2-6-14-34(30)37(33)27-21-17-25(18-22-27)26-19-23-28(24-20-26)38-35-15-7-3-11-31(35)32-12-4-8-16-36(32)38;1-26-24(17-20-10-6-3-7-11-20)22-14-12-21(13-15-22)23(18-25)16-19-8-4-2-5-9-19;/h1-36H;1-24H;2-17H;1H4/b;;23-16+,24-17-;. The number of hydrogen-bond donors (Lipinski definition) is 0. The molecule has 0 unspecified atom stereocenters. The van der Waals surface area contributed by atoms with Gasteiger partial charge >= 0.3 is 0 Å². The molecular weight excluding hydrogens is 1410 g/mol. The quantitative estimate of drug-likeness (QED) is 0.0584. The first-order valence-electron chi connectivity index (χ1n) is 38.8. The third-order valence-electron chi connectivity index (χ3n) is 21.8. The van der Waals surface area contributed by atoms with E-state index in [4.69, 9.17) is 6.57 Å². The predicted octanol–water partition coefficient (Wildman–Crippen LogP) is 29.3. The Balaban J connectivity index is 0.000000132. The lowest BCUT2D eigenvalue weighted by atomic mass is 9.67. The maximum Gasteiger partial charge on any atom is 0.194 e. The molecule has 0 saturated carbocycles. The minimum absolute atomic E-state index is 0. The van der Waals surface area contributed by atoms with Crippen molar-refractivity contribution >= 4 is 101 Å². The van der Waals surface area contributed by atoms with Crippen molar-refractivity contribution in [3.05, 3.63) is 505 Å². The molecule has 0 fully saturated rings. The van der Waals surface area contributed by atoms with Crippen molar-refractivity contribution in [1.29, 1.82) is 5.26 Å². The van der Waals surface area contributed by atoms with Crippen LogP contribution in [0.1, 0.15) is 51.9 Å². The lowest BCUT2D eigenvalue weighted by molar-refractivity contribution is 0.768. The number of nitriles is 1. The molecule has 0 aliphatic heterocycles. The maximum absolute atomic E-state index is 9.48. The highest BCUT2D eigenvalue weighted by Gasteiger charge is 2.46. The van der Waals surface area contributed by atoms with E-state index in [-0.39, 0.29) is 7.43 Å². The van der Waals surface area contributed by atoms with Crippen LogP contribution in [0.3, 0.4) is 0 Å². The Labute approximate surface area is 678 Å². The Morgan fingerprint density at radius 1 is 0.293 bits per heavy atom. The van der Waals surface area contributed by atoms with Gasteiger partial charge in [-0.1, -0.05) is 335 Å². The van der Waals surface area contributed by atoms with E-state index in [1.165, 1.54) is 99.5 Å². The van der Waals surface area contributed by atoms with Gasteiger partial charge in [-0.25, -0.2) is 4.85 Å². The van der Waals surface area contributed by atoms with Crippen LogP contribution in [0.2, 0.25) is 0 Å². The van der Waals surface area contributed by atoms with E-state index >= 15 is 0 Å². The average molecular weight is 1490 g/mol. The van der Waals surface area contributed by atoms with Gasteiger partial charge in [0.15, 0.2) is 5.70 Å². The fraction of sp³-hybridized carbons (Fsp3) is 0.0182. The van der Waals surface area contributed by atoms with Gasteiger partial charge in [0.05, 0.1) is 45.7 Å². The summed E-state index contributed by atoms with van der Waals surface area (Å²) in [4.78, 5) is 8.29. The average Bonchev–Trinajstić information content (AvgIpc) is 1.53. The van der Waals surface area contributed by atoms with E-state index in [0.717, 1.165) is 56.4 Å². The minimum atomic E-state index is -0.501. The van der Waals surface area contributed by atoms with Crippen LogP contribution in [0.4, 0.5) is 34.1 Å². The third kappa shape index (κ3) is 14.2. The fourth-order valence-electron chi connectivity index (χ4n) is 16.6. The van der Waals surface area contributed by atoms with Crippen LogP contribution >= 0.6 is 0 Å². The monoisotopic (exact) mass is 1480 g/mol. The second-order valence-electron chi connectivity index (χ2n) is 28.5. The molecule has 0 N–H and O–H groups in total. The van der Waals surface area contributed by atoms with Crippen LogP contribution in [0, 0.1) is 17.9 Å².